The van der Waals surface area contributed by atoms with Crippen molar-refractivity contribution >= 4 is 22.9 Å². The van der Waals surface area contributed by atoms with E-state index in [0.29, 0.717) is 5.56 Å². The molecule has 0 fully saturated rings. The minimum atomic E-state index is -0.473. The van der Waals surface area contributed by atoms with Crippen LogP contribution in [0.2, 0.25) is 0 Å². The number of nitro groups is 1. The SMILES string of the molecule is Cc1csc(=O)n1CC(=O)N(C)Cc1cccc([N+](=O)[O-])c1. The average molecular weight is 321 g/mol. The number of benzene rings is 1. The molecule has 1 amide bonds. The summed E-state index contributed by atoms with van der Waals surface area (Å²) in [6, 6.07) is 6.14. The monoisotopic (exact) mass is 321 g/mol. The first-order chi connectivity index (χ1) is 10.4. The molecule has 0 saturated heterocycles. The van der Waals surface area contributed by atoms with Crippen molar-refractivity contribution in [2.24, 2.45) is 0 Å². The van der Waals surface area contributed by atoms with Crippen LogP contribution < -0.4 is 4.87 Å². The molecular weight excluding hydrogens is 306 g/mol. The maximum Gasteiger partial charge on any atom is 0.307 e. The Kier molecular flexibility index (Phi) is 4.71. The van der Waals surface area contributed by atoms with E-state index < -0.39 is 4.92 Å². The quantitative estimate of drug-likeness (QED) is 0.620. The van der Waals surface area contributed by atoms with Gasteiger partial charge in [-0.25, -0.2) is 0 Å². The van der Waals surface area contributed by atoms with E-state index in [1.165, 1.54) is 21.6 Å². The molecule has 116 valence electrons. The summed E-state index contributed by atoms with van der Waals surface area (Å²) >= 11 is 1.06. The molecule has 0 aliphatic carbocycles. The predicted molar refractivity (Wildman–Crippen MR) is 82.9 cm³/mol. The molecule has 22 heavy (non-hydrogen) atoms. The maximum absolute atomic E-state index is 12.2. The van der Waals surface area contributed by atoms with Crippen molar-refractivity contribution in [1.82, 2.24) is 9.47 Å². The van der Waals surface area contributed by atoms with Crippen LogP contribution in [0.15, 0.2) is 34.4 Å². The smallest absolute Gasteiger partial charge is 0.307 e. The van der Waals surface area contributed by atoms with Crippen LogP contribution in [-0.2, 0) is 17.9 Å². The lowest BCUT2D eigenvalue weighted by Gasteiger charge is -2.17. The van der Waals surface area contributed by atoms with Crippen LogP contribution in [0.1, 0.15) is 11.3 Å². The summed E-state index contributed by atoms with van der Waals surface area (Å²) in [7, 11) is 1.61. The lowest BCUT2D eigenvalue weighted by atomic mass is 10.2. The van der Waals surface area contributed by atoms with E-state index in [2.05, 4.69) is 0 Å². The normalized spacial score (nSPS) is 10.5. The highest BCUT2D eigenvalue weighted by molar-refractivity contribution is 7.07. The van der Waals surface area contributed by atoms with E-state index in [1.54, 1.807) is 31.5 Å². The van der Waals surface area contributed by atoms with Gasteiger partial charge in [-0.05, 0) is 12.5 Å². The van der Waals surface area contributed by atoms with Gasteiger partial charge in [-0.3, -0.25) is 24.3 Å². The number of nitro benzene ring substituents is 1. The molecule has 7 nitrogen and oxygen atoms in total. The van der Waals surface area contributed by atoms with Gasteiger partial charge in [0, 0.05) is 36.8 Å². The second-order valence-electron chi connectivity index (χ2n) is 4.91. The molecular formula is C14H15N3O4S. The number of aromatic nitrogens is 1. The van der Waals surface area contributed by atoms with E-state index in [4.69, 9.17) is 0 Å². The number of likely N-dealkylation sites (N-methyl/N-ethyl adjacent to an activating group) is 1. The van der Waals surface area contributed by atoms with Crippen LogP contribution in [-0.4, -0.2) is 27.3 Å². The Hall–Kier alpha value is -2.48. The topological polar surface area (TPSA) is 85.5 Å². The van der Waals surface area contributed by atoms with Crippen molar-refractivity contribution in [3.63, 3.8) is 0 Å². The van der Waals surface area contributed by atoms with E-state index in [1.807, 2.05) is 0 Å². The van der Waals surface area contributed by atoms with E-state index >= 15 is 0 Å². The van der Waals surface area contributed by atoms with Gasteiger partial charge in [0.15, 0.2) is 0 Å². The van der Waals surface area contributed by atoms with Crippen LogP contribution >= 0.6 is 11.3 Å². The Morgan fingerprint density at radius 1 is 1.45 bits per heavy atom. The van der Waals surface area contributed by atoms with Crippen molar-refractivity contribution in [3.8, 4) is 0 Å². The molecule has 1 aromatic heterocycles. The fourth-order valence-electron chi connectivity index (χ4n) is 1.98. The van der Waals surface area contributed by atoms with E-state index in [-0.39, 0.29) is 29.6 Å². The molecule has 2 aromatic rings. The lowest BCUT2D eigenvalue weighted by Crippen LogP contribution is -2.32. The molecule has 0 spiro atoms. The van der Waals surface area contributed by atoms with Crippen LogP contribution in [0.5, 0.6) is 0 Å². The first-order valence-corrected chi connectivity index (χ1v) is 7.38. The first-order valence-electron chi connectivity index (χ1n) is 6.50. The Labute approximate surface area is 130 Å². The number of hydrogen-bond acceptors (Lipinski definition) is 5. The van der Waals surface area contributed by atoms with Crippen LogP contribution in [0, 0.1) is 17.0 Å². The third-order valence-corrected chi connectivity index (χ3v) is 4.12. The zero-order valence-electron chi connectivity index (χ0n) is 12.2. The average Bonchev–Trinajstić information content (AvgIpc) is 2.79. The van der Waals surface area contributed by atoms with E-state index in [0.717, 1.165) is 17.0 Å². The van der Waals surface area contributed by atoms with Gasteiger partial charge >= 0.3 is 4.87 Å². The first kappa shape index (κ1) is 15.9. The highest BCUT2D eigenvalue weighted by Gasteiger charge is 2.14. The number of rotatable bonds is 5. The zero-order valence-corrected chi connectivity index (χ0v) is 13.0. The van der Waals surface area contributed by atoms with Gasteiger partial charge in [-0.15, -0.1) is 0 Å². The van der Waals surface area contributed by atoms with Gasteiger partial charge in [0.2, 0.25) is 5.91 Å². The van der Waals surface area contributed by atoms with Crippen molar-refractivity contribution < 1.29 is 9.72 Å². The fraction of sp³-hybridized carbons (Fsp3) is 0.286. The molecule has 0 unspecified atom stereocenters. The van der Waals surface area contributed by atoms with Gasteiger partial charge in [-0.2, -0.15) is 0 Å². The molecule has 1 heterocycles. The molecule has 0 N–H and O–H groups in total. The van der Waals surface area contributed by atoms with Crippen LogP contribution in [0.25, 0.3) is 0 Å². The van der Waals surface area contributed by atoms with Crippen LogP contribution in [0.4, 0.5) is 5.69 Å². The predicted octanol–water partition coefficient (Wildman–Crippen LogP) is 1.79. The Morgan fingerprint density at radius 2 is 2.18 bits per heavy atom. The van der Waals surface area contributed by atoms with Gasteiger partial charge in [0.1, 0.15) is 6.54 Å². The molecule has 8 heteroatoms. The second-order valence-corrected chi connectivity index (χ2v) is 5.73. The molecule has 0 aliphatic rings. The number of carbonyl (C=O) groups excluding carboxylic acids is 1. The summed E-state index contributed by atoms with van der Waals surface area (Å²) < 4.78 is 1.41. The van der Waals surface area contributed by atoms with Crippen molar-refractivity contribution in [2.75, 3.05) is 7.05 Å². The minimum absolute atomic E-state index is 0.0109. The summed E-state index contributed by atoms with van der Waals surface area (Å²) in [6.45, 7) is 1.99. The third kappa shape index (κ3) is 3.59. The minimum Gasteiger partial charge on any atom is -0.340 e. The van der Waals surface area contributed by atoms with Crippen molar-refractivity contribution in [3.05, 3.63) is 60.7 Å². The Balaban J connectivity index is 2.07. The summed E-state index contributed by atoms with van der Waals surface area (Å²) in [4.78, 5) is 35.3. The molecule has 0 aliphatic heterocycles. The van der Waals surface area contributed by atoms with Gasteiger partial charge in [0.25, 0.3) is 5.69 Å². The fourth-order valence-corrected chi connectivity index (χ4v) is 2.72. The van der Waals surface area contributed by atoms with Gasteiger partial charge < -0.3 is 4.90 Å². The largest absolute Gasteiger partial charge is 0.340 e. The van der Waals surface area contributed by atoms with Gasteiger partial charge in [-0.1, -0.05) is 23.5 Å². The number of hydrogen-bond donors (Lipinski definition) is 0. The Bertz CT molecular complexity index is 765. The third-order valence-electron chi connectivity index (χ3n) is 3.24. The molecule has 0 atom stereocenters. The van der Waals surface area contributed by atoms with Gasteiger partial charge in [0.05, 0.1) is 4.92 Å². The highest BCUT2D eigenvalue weighted by Crippen LogP contribution is 2.14. The van der Waals surface area contributed by atoms with Crippen molar-refractivity contribution in [1.29, 1.82) is 0 Å². The number of nitrogens with zero attached hydrogens (tertiary/aromatic N) is 3. The van der Waals surface area contributed by atoms with E-state index in [9.17, 15) is 19.7 Å². The van der Waals surface area contributed by atoms with Crippen molar-refractivity contribution in [2.45, 2.75) is 20.0 Å². The molecule has 0 radical (unpaired) electrons. The molecule has 1 aromatic carbocycles. The number of thiazole rings is 1. The molecule has 0 bridgehead atoms. The summed E-state index contributed by atoms with van der Waals surface area (Å²) in [5.41, 5.74) is 1.40. The number of aryl methyl sites for hydroxylation is 1. The highest BCUT2D eigenvalue weighted by atomic mass is 32.1. The second kappa shape index (κ2) is 6.52. The van der Waals surface area contributed by atoms with Crippen LogP contribution in [0.3, 0.4) is 0 Å². The zero-order chi connectivity index (χ0) is 16.3. The Morgan fingerprint density at radius 3 is 2.77 bits per heavy atom. The summed E-state index contributed by atoms with van der Waals surface area (Å²) in [5.74, 6) is -0.227. The molecule has 2 rings (SSSR count). The standard InChI is InChI=1S/C14H15N3O4S/c1-10-9-22-14(19)16(10)8-13(18)15(2)7-11-4-3-5-12(6-11)17(20)21/h3-6,9H,7-8H2,1-2H3. The summed E-state index contributed by atoms with van der Waals surface area (Å²) in [5, 5.41) is 12.5. The maximum atomic E-state index is 12.2. The number of amides is 1. The lowest BCUT2D eigenvalue weighted by molar-refractivity contribution is -0.384. The molecule has 0 saturated carbocycles. The number of non-ortho nitro benzene ring substituents is 1. The summed E-state index contributed by atoms with van der Waals surface area (Å²) in [6.07, 6.45) is 0. The number of carbonyl (C=O) groups is 1.